The van der Waals surface area contributed by atoms with Crippen molar-refractivity contribution in [2.24, 2.45) is 5.92 Å². The lowest BCUT2D eigenvalue weighted by atomic mass is 9.72. The van der Waals surface area contributed by atoms with Gasteiger partial charge in [-0.15, -0.1) is 0 Å². The topological polar surface area (TPSA) is 17.1 Å². The third-order valence-corrected chi connectivity index (χ3v) is 4.41. The summed E-state index contributed by atoms with van der Waals surface area (Å²) in [4.78, 5) is 11.1. The Kier molecular flexibility index (Phi) is 6.17. The second kappa shape index (κ2) is 7.26. The molecule has 0 aliphatic rings. The summed E-state index contributed by atoms with van der Waals surface area (Å²) in [6.45, 7) is 15.3. The van der Waals surface area contributed by atoms with Crippen molar-refractivity contribution in [2.45, 2.75) is 72.1 Å². The number of rotatable bonds is 6. The van der Waals surface area contributed by atoms with Crippen LogP contribution >= 0.6 is 0 Å². The molecule has 1 aromatic carbocycles. The van der Waals surface area contributed by atoms with Crippen LogP contribution in [-0.2, 0) is 15.6 Å². The van der Waals surface area contributed by atoms with E-state index in [4.69, 9.17) is 0 Å². The second-order valence-electron chi connectivity index (χ2n) is 8.19. The molecule has 0 radical (unpaired) electrons. The normalized spacial score (nSPS) is 15.8. The van der Waals surface area contributed by atoms with E-state index in [-0.39, 0.29) is 16.7 Å². The van der Waals surface area contributed by atoms with E-state index in [1.807, 2.05) is 6.92 Å². The Bertz CT molecular complexity index is 512. The molecule has 0 bridgehead atoms. The van der Waals surface area contributed by atoms with Crippen LogP contribution in [0.3, 0.4) is 0 Å². The van der Waals surface area contributed by atoms with Crippen molar-refractivity contribution >= 4 is 6.29 Å². The van der Waals surface area contributed by atoms with Gasteiger partial charge < -0.3 is 4.79 Å². The van der Waals surface area contributed by atoms with Crippen LogP contribution < -0.4 is 0 Å². The summed E-state index contributed by atoms with van der Waals surface area (Å²) < 4.78 is 0. The van der Waals surface area contributed by atoms with Gasteiger partial charge in [0, 0.05) is 5.92 Å². The van der Waals surface area contributed by atoms with Crippen LogP contribution in [-0.4, -0.2) is 6.29 Å². The molecule has 2 atom stereocenters. The third-order valence-electron chi connectivity index (χ3n) is 4.41. The summed E-state index contributed by atoms with van der Waals surface area (Å²) in [7, 11) is 0. The quantitative estimate of drug-likeness (QED) is 0.477. The Labute approximate surface area is 136 Å². The zero-order valence-electron chi connectivity index (χ0n) is 15.4. The van der Waals surface area contributed by atoms with E-state index in [9.17, 15) is 4.79 Å². The van der Waals surface area contributed by atoms with Crippen molar-refractivity contribution in [3.8, 4) is 0 Å². The maximum absolute atomic E-state index is 11.1. The monoisotopic (exact) mass is 300 g/mol. The predicted octanol–water partition coefficient (Wildman–Crippen LogP) is 5.82. The van der Waals surface area contributed by atoms with Crippen LogP contribution in [0.2, 0.25) is 0 Å². The minimum Gasteiger partial charge on any atom is -0.303 e. The summed E-state index contributed by atoms with van der Waals surface area (Å²) in [5, 5.41) is 0. The molecule has 122 valence electrons. The molecule has 0 N–H and O–H groups in total. The van der Waals surface area contributed by atoms with E-state index in [2.05, 4.69) is 71.9 Å². The summed E-state index contributed by atoms with van der Waals surface area (Å²) in [5.74, 6) is 0.0813. The number of carbonyl (C=O) groups is 1. The highest BCUT2D eigenvalue weighted by molar-refractivity contribution is 5.53. The predicted molar refractivity (Wildman–Crippen MR) is 96.4 cm³/mol. The van der Waals surface area contributed by atoms with Gasteiger partial charge >= 0.3 is 0 Å². The molecule has 0 heterocycles. The Morgan fingerprint density at radius 1 is 1.05 bits per heavy atom. The second-order valence-corrected chi connectivity index (χ2v) is 8.19. The zero-order valence-corrected chi connectivity index (χ0v) is 15.4. The fourth-order valence-corrected chi connectivity index (χ4v) is 2.88. The van der Waals surface area contributed by atoms with Crippen LogP contribution in [0.5, 0.6) is 0 Å². The maximum Gasteiger partial charge on any atom is 0.122 e. The van der Waals surface area contributed by atoms with Crippen LogP contribution in [0.1, 0.15) is 72.4 Å². The van der Waals surface area contributed by atoms with Crippen molar-refractivity contribution < 1.29 is 4.79 Å². The Morgan fingerprint density at radius 2 is 1.55 bits per heavy atom. The molecule has 0 saturated carbocycles. The number of hydrogen-bond acceptors (Lipinski definition) is 1. The number of carbonyl (C=O) groups excluding carboxylic acids is 1. The lowest BCUT2D eigenvalue weighted by Gasteiger charge is -2.32. The van der Waals surface area contributed by atoms with Crippen molar-refractivity contribution in [3.63, 3.8) is 0 Å². The van der Waals surface area contributed by atoms with Gasteiger partial charge in [0.05, 0.1) is 0 Å². The maximum atomic E-state index is 11.1. The molecule has 0 aliphatic carbocycles. The van der Waals surface area contributed by atoms with Gasteiger partial charge in [-0.25, -0.2) is 0 Å². The smallest absolute Gasteiger partial charge is 0.122 e. The molecule has 2 unspecified atom stereocenters. The zero-order chi connectivity index (χ0) is 17.0. The van der Waals surface area contributed by atoms with Gasteiger partial charge in [0.2, 0.25) is 0 Å². The lowest BCUT2D eigenvalue weighted by Crippen LogP contribution is -2.25. The van der Waals surface area contributed by atoms with Gasteiger partial charge in [-0.05, 0) is 48.6 Å². The number of hydrogen-bond donors (Lipinski definition) is 0. The highest BCUT2D eigenvalue weighted by Gasteiger charge is 2.28. The fraction of sp³-hybridized carbons (Fsp3) is 0.571. The lowest BCUT2D eigenvalue weighted by molar-refractivity contribution is -0.111. The standard InChI is InChI=1S/C21H32O/c1-16(2)12-13-21(7,14-17(3)15-22)19-10-8-18(9-11-19)20(4,5)6/h8-12,15,17H,13-14H2,1-7H3. The van der Waals surface area contributed by atoms with Gasteiger partial charge in [-0.1, -0.05) is 70.5 Å². The minimum atomic E-state index is 0.00795. The van der Waals surface area contributed by atoms with Gasteiger partial charge in [-0.2, -0.15) is 0 Å². The minimum absolute atomic E-state index is 0.00795. The molecule has 0 aromatic heterocycles. The SMILES string of the molecule is CC(C)=CCC(C)(CC(C)C=O)c1ccc(C(C)(C)C)cc1. The van der Waals surface area contributed by atoms with E-state index >= 15 is 0 Å². The molecule has 1 rings (SSSR count). The molecule has 0 amide bonds. The van der Waals surface area contributed by atoms with Gasteiger partial charge in [0.15, 0.2) is 0 Å². The van der Waals surface area contributed by atoms with Gasteiger partial charge in [-0.3, -0.25) is 0 Å². The molecule has 1 aromatic rings. The molecule has 0 aliphatic heterocycles. The van der Waals surface area contributed by atoms with Crippen molar-refractivity contribution in [1.82, 2.24) is 0 Å². The number of aldehydes is 1. The van der Waals surface area contributed by atoms with Crippen LogP contribution in [0.4, 0.5) is 0 Å². The first-order chi connectivity index (χ1) is 10.1. The molecular weight excluding hydrogens is 268 g/mol. The molecule has 0 fully saturated rings. The summed E-state index contributed by atoms with van der Waals surface area (Å²) >= 11 is 0. The Morgan fingerprint density at radius 3 is 1.95 bits per heavy atom. The van der Waals surface area contributed by atoms with Gasteiger partial charge in [0.25, 0.3) is 0 Å². The Balaban J connectivity index is 3.15. The largest absolute Gasteiger partial charge is 0.303 e. The summed E-state index contributed by atoms with van der Waals surface area (Å²) in [5.41, 5.74) is 4.19. The van der Waals surface area contributed by atoms with E-state index < -0.39 is 0 Å². The molecule has 0 spiro atoms. The molecule has 1 heteroatoms. The fourth-order valence-electron chi connectivity index (χ4n) is 2.88. The van der Waals surface area contributed by atoms with E-state index in [0.717, 1.165) is 19.1 Å². The molecule has 1 nitrogen and oxygen atoms in total. The molecule has 0 saturated heterocycles. The van der Waals surface area contributed by atoms with E-state index in [0.29, 0.717) is 0 Å². The highest BCUT2D eigenvalue weighted by Crippen LogP contribution is 2.36. The van der Waals surface area contributed by atoms with Crippen molar-refractivity contribution in [1.29, 1.82) is 0 Å². The number of allylic oxidation sites excluding steroid dienone is 2. The average Bonchev–Trinajstić information content (AvgIpc) is 2.44. The van der Waals surface area contributed by atoms with E-state index in [1.165, 1.54) is 16.7 Å². The van der Waals surface area contributed by atoms with Crippen LogP contribution in [0, 0.1) is 5.92 Å². The molecule has 22 heavy (non-hydrogen) atoms. The summed E-state index contributed by atoms with van der Waals surface area (Å²) in [6, 6.07) is 8.97. The summed E-state index contributed by atoms with van der Waals surface area (Å²) in [6.07, 6.45) is 5.22. The first kappa shape index (κ1) is 18.7. The molecular formula is C21H32O. The highest BCUT2D eigenvalue weighted by atomic mass is 16.1. The first-order valence-electron chi connectivity index (χ1n) is 8.28. The van der Waals surface area contributed by atoms with Crippen molar-refractivity contribution in [2.75, 3.05) is 0 Å². The number of benzene rings is 1. The third kappa shape index (κ3) is 5.12. The van der Waals surface area contributed by atoms with Crippen LogP contribution in [0.15, 0.2) is 35.9 Å². The van der Waals surface area contributed by atoms with Gasteiger partial charge in [0.1, 0.15) is 6.29 Å². The van der Waals surface area contributed by atoms with E-state index in [1.54, 1.807) is 0 Å². The average molecular weight is 300 g/mol. The van der Waals surface area contributed by atoms with Crippen LogP contribution in [0.25, 0.3) is 0 Å². The first-order valence-corrected chi connectivity index (χ1v) is 8.28. The Hall–Kier alpha value is -1.37. The van der Waals surface area contributed by atoms with Crippen molar-refractivity contribution in [3.05, 3.63) is 47.0 Å².